The molecule has 1 aromatic carbocycles. The molecule has 0 radical (unpaired) electrons. The van der Waals surface area contributed by atoms with Crippen molar-refractivity contribution in [1.82, 2.24) is 14.7 Å². The van der Waals surface area contributed by atoms with Gasteiger partial charge in [-0.2, -0.15) is 18.3 Å². The van der Waals surface area contributed by atoms with Gasteiger partial charge in [-0.25, -0.2) is 8.42 Å². The van der Waals surface area contributed by atoms with E-state index in [4.69, 9.17) is 11.6 Å². The second-order valence-corrected chi connectivity index (χ2v) is 11.7. The van der Waals surface area contributed by atoms with E-state index in [2.05, 4.69) is 15.3 Å². The number of amides is 1. The maximum atomic E-state index is 13.0. The zero-order chi connectivity index (χ0) is 25.5. The minimum absolute atomic E-state index is 0.0254. The minimum atomic E-state index is -4.53. The normalized spacial score (nSPS) is 20.9. The molecule has 8 nitrogen and oxygen atoms in total. The Balaban J connectivity index is 1.36. The van der Waals surface area contributed by atoms with Gasteiger partial charge in [-0.1, -0.05) is 11.6 Å². The van der Waals surface area contributed by atoms with Gasteiger partial charge in [0.25, 0.3) is 0 Å². The number of hydrogen-bond acceptors (Lipinski definition) is 6. The molecule has 2 fully saturated rings. The Kier molecular flexibility index (Phi) is 7.09. The molecule has 2 aliphatic rings. The minimum Gasteiger partial charge on any atom is -0.366 e. The Morgan fingerprint density at radius 2 is 1.89 bits per heavy atom. The smallest absolute Gasteiger partial charge is 0.366 e. The van der Waals surface area contributed by atoms with Crippen molar-refractivity contribution in [2.75, 3.05) is 54.4 Å². The lowest BCUT2D eigenvalue weighted by Gasteiger charge is -2.36. The Labute approximate surface area is 206 Å². The molecule has 4 rings (SSSR count). The highest BCUT2D eigenvalue weighted by atomic mass is 35.5. The Bertz CT molecular complexity index is 1220. The third-order valence-electron chi connectivity index (χ3n) is 6.46. The maximum absolute atomic E-state index is 13.0. The summed E-state index contributed by atoms with van der Waals surface area (Å²) in [5.74, 6) is -0.160. The molecule has 0 spiro atoms. The number of aromatic nitrogens is 2. The SMILES string of the molecule is Cc1nn(C2CCS(=O)(=O)C2)c(C)c1N1CCN(CC(=O)Nc2cc(C(F)(F)F)ccc2Cl)CC1. The van der Waals surface area contributed by atoms with Crippen LogP contribution in [0.4, 0.5) is 24.5 Å². The standard InChI is InChI=1S/C22H27ClF3N5O3S/c1-14-21(15(2)31(28-14)17-5-10-35(33,34)13-17)30-8-6-29(7-9-30)12-20(32)27-19-11-16(22(24,25)26)3-4-18(19)23/h3-4,11,17H,5-10,12-13H2,1-2H3,(H,27,32). The van der Waals surface area contributed by atoms with Crippen molar-refractivity contribution in [2.45, 2.75) is 32.5 Å². The van der Waals surface area contributed by atoms with Gasteiger partial charge in [0.15, 0.2) is 9.84 Å². The van der Waals surface area contributed by atoms with Crippen LogP contribution in [-0.4, -0.2) is 73.2 Å². The van der Waals surface area contributed by atoms with Crippen LogP contribution in [0, 0.1) is 13.8 Å². The molecule has 2 saturated heterocycles. The van der Waals surface area contributed by atoms with E-state index in [9.17, 15) is 26.4 Å². The van der Waals surface area contributed by atoms with E-state index in [0.717, 1.165) is 35.3 Å². The zero-order valence-electron chi connectivity index (χ0n) is 19.4. The van der Waals surface area contributed by atoms with E-state index in [1.54, 1.807) is 0 Å². The van der Waals surface area contributed by atoms with Gasteiger partial charge in [-0.05, 0) is 38.5 Å². The van der Waals surface area contributed by atoms with Crippen molar-refractivity contribution in [1.29, 1.82) is 0 Å². The summed E-state index contributed by atoms with van der Waals surface area (Å²) in [7, 11) is -3.03. The summed E-state index contributed by atoms with van der Waals surface area (Å²) in [6.45, 7) is 6.29. The number of anilines is 2. The van der Waals surface area contributed by atoms with Crippen LogP contribution >= 0.6 is 11.6 Å². The number of carbonyl (C=O) groups excluding carboxylic acids is 1. The fourth-order valence-corrected chi connectivity index (χ4v) is 6.61. The highest BCUT2D eigenvalue weighted by Crippen LogP contribution is 2.34. The lowest BCUT2D eigenvalue weighted by atomic mass is 10.2. The Morgan fingerprint density at radius 3 is 2.49 bits per heavy atom. The number of hydrogen-bond donors (Lipinski definition) is 1. The van der Waals surface area contributed by atoms with Crippen LogP contribution in [0.25, 0.3) is 0 Å². The van der Waals surface area contributed by atoms with Crippen LogP contribution in [0.3, 0.4) is 0 Å². The van der Waals surface area contributed by atoms with Crippen molar-refractivity contribution in [3.8, 4) is 0 Å². The predicted molar refractivity (Wildman–Crippen MR) is 128 cm³/mol. The number of halogens is 4. The average Bonchev–Trinajstić information content (AvgIpc) is 3.27. The van der Waals surface area contributed by atoms with Gasteiger partial charge in [0.2, 0.25) is 5.91 Å². The summed E-state index contributed by atoms with van der Waals surface area (Å²) < 4.78 is 64.5. The predicted octanol–water partition coefficient (Wildman–Crippen LogP) is 3.29. The van der Waals surface area contributed by atoms with Crippen molar-refractivity contribution in [3.63, 3.8) is 0 Å². The topological polar surface area (TPSA) is 87.5 Å². The van der Waals surface area contributed by atoms with Crippen LogP contribution in [0.5, 0.6) is 0 Å². The van der Waals surface area contributed by atoms with Crippen molar-refractivity contribution < 1.29 is 26.4 Å². The van der Waals surface area contributed by atoms with Crippen LogP contribution in [0.2, 0.25) is 5.02 Å². The third-order valence-corrected chi connectivity index (χ3v) is 8.54. The van der Waals surface area contributed by atoms with Gasteiger partial charge in [-0.3, -0.25) is 14.4 Å². The number of sulfone groups is 1. The summed E-state index contributed by atoms with van der Waals surface area (Å²) >= 11 is 5.97. The Hall–Kier alpha value is -2.31. The molecule has 35 heavy (non-hydrogen) atoms. The number of rotatable bonds is 5. The quantitative estimate of drug-likeness (QED) is 0.634. The molecule has 3 heterocycles. The monoisotopic (exact) mass is 533 g/mol. The summed E-state index contributed by atoms with van der Waals surface area (Å²) in [5, 5.41) is 7.14. The molecule has 1 aromatic heterocycles. The molecule has 1 unspecified atom stereocenters. The highest BCUT2D eigenvalue weighted by Gasteiger charge is 2.33. The summed E-state index contributed by atoms with van der Waals surface area (Å²) in [6.07, 6.45) is -3.97. The van der Waals surface area contributed by atoms with Crippen molar-refractivity contribution >= 4 is 38.7 Å². The molecular formula is C22H27ClF3N5O3S. The van der Waals surface area contributed by atoms with Crippen molar-refractivity contribution in [2.24, 2.45) is 0 Å². The third kappa shape index (κ3) is 5.75. The fourth-order valence-electron chi connectivity index (χ4n) is 4.76. The molecule has 2 aromatic rings. The number of carbonyl (C=O) groups is 1. The highest BCUT2D eigenvalue weighted by molar-refractivity contribution is 7.91. The molecule has 1 N–H and O–H groups in total. The number of piperazine rings is 1. The first-order chi connectivity index (χ1) is 16.3. The van der Waals surface area contributed by atoms with Crippen LogP contribution < -0.4 is 10.2 Å². The summed E-state index contributed by atoms with van der Waals surface area (Å²) in [6, 6.07) is 2.66. The van der Waals surface area contributed by atoms with Crippen LogP contribution in [-0.2, 0) is 20.8 Å². The van der Waals surface area contributed by atoms with E-state index in [-0.39, 0.29) is 34.8 Å². The maximum Gasteiger partial charge on any atom is 0.416 e. The lowest BCUT2D eigenvalue weighted by molar-refractivity contribution is -0.137. The Morgan fingerprint density at radius 1 is 1.20 bits per heavy atom. The average molecular weight is 534 g/mol. The van der Waals surface area contributed by atoms with E-state index in [0.29, 0.717) is 32.6 Å². The molecule has 0 aliphatic carbocycles. The van der Waals surface area contributed by atoms with E-state index < -0.39 is 27.5 Å². The number of nitrogens with one attached hydrogen (secondary N) is 1. The summed E-state index contributed by atoms with van der Waals surface area (Å²) in [5.41, 5.74) is 1.78. The zero-order valence-corrected chi connectivity index (χ0v) is 21.0. The van der Waals surface area contributed by atoms with Gasteiger partial charge in [0.1, 0.15) is 0 Å². The molecule has 1 amide bonds. The number of alkyl halides is 3. The number of benzene rings is 1. The largest absolute Gasteiger partial charge is 0.416 e. The second-order valence-electron chi connectivity index (χ2n) is 9.02. The van der Waals surface area contributed by atoms with E-state index >= 15 is 0 Å². The van der Waals surface area contributed by atoms with Gasteiger partial charge < -0.3 is 10.2 Å². The van der Waals surface area contributed by atoms with Crippen LogP contribution in [0.15, 0.2) is 18.2 Å². The van der Waals surface area contributed by atoms with Gasteiger partial charge in [0, 0.05) is 26.2 Å². The molecule has 0 saturated carbocycles. The second kappa shape index (κ2) is 9.62. The molecule has 2 aliphatic heterocycles. The van der Waals surface area contributed by atoms with E-state index in [1.807, 2.05) is 23.4 Å². The number of nitrogens with zero attached hydrogens (tertiary/aromatic N) is 4. The first kappa shape index (κ1) is 25.8. The molecule has 0 bridgehead atoms. The van der Waals surface area contributed by atoms with Crippen LogP contribution in [0.1, 0.15) is 29.4 Å². The van der Waals surface area contributed by atoms with Gasteiger partial charge in [-0.15, -0.1) is 0 Å². The lowest BCUT2D eigenvalue weighted by Crippen LogP contribution is -2.49. The van der Waals surface area contributed by atoms with E-state index in [1.165, 1.54) is 0 Å². The van der Waals surface area contributed by atoms with Crippen molar-refractivity contribution in [3.05, 3.63) is 40.2 Å². The first-order valence-electron chi connectivity index (χ1n) is 11.2. The number of aryl methyl sites for hydroxylation is 1. The molecular weight excluding hydrogens is 507 g/mol. The summed E-state index contributed by atoms with van der Waals surface area (Å²) in [4.78, 5) is 16.6. The molecule has 192 valence electrons. The fraction of sp³-hybridized carbons (Fsp3) is 0.545. The molecule has 13 heteroatoms. The first-order valence-corrected chi connectivity index (χ1v) is 13.4. The van der Waals surface area contributed by atoms with Gasteiger partial charge in [0.05, 0.1) is 57.4 Å². The molecule has 1 atom stereocenters. The van der Waals surface area contributed by atoms with Gasteiger partial charge >= 0.3 is 6.18 Å².